The second-order valence-electron chi connectivity index (χ2n) is 4.49. The Bertz CT molecular complexity index is 640. The third kappa shape index (κ3) is 3.26. The molecule has 102 valence electrons. The predicted octanol–water partition coefficient (Wildman–Crippen LogP) is 3.52. The normalized spacial score (nSPS) is 11.2. The van der Waals surface area contributed by atoms with Gasteiger partial charge in [-0.3, -0.25) is 0 Å². The molecule has 0 atom stereocenters. The molecule has 0 fully saturated rings. The standard InChI is InChI=1S/C17H16O3/c1-12-4-3-5-14(10-12)16(11-17(18)19)13-6-8-15(20-2)9-7-13/h3-11H,1-2H3,(H,18,19)/b16-11-. The average Bonchev–Trinajstić information content (AvgIpc) is 2.45. The van der Waals surface area contributed by atoms with Gasteiger partial charge in [-0.1, -0.05) is 42.0 Å². The fourth-order valence-electron chi connectivity index (χ4n) is 2.04. The number of methoxy groups -OCH3 is 1. The predicted molar refractivity (Wildman–Crippen MR) is 78.9 cm³/mol. The van der Waals surface area contributed by atoms with Crippen LogP contribution in [0.5, 0.6) is 5.75 Å². The van der Waals surface area contributed by atoms with Gasteiger partial charge in [0.2, 0.25) is 0 Å². The van der Waals surface area contributed by atoms with Crippen LogP contribution < -0.4 is 4.74 Å². The first-order chi connectivity index (χ1) is 9.60. The Morgan fingerprint density at radius 1 is 1.10 bits per heavy atom. The Hall–Kier alpha value is -2.55. The summed E-state index contributed by atoms with van der Waals surface area (Å²) in [5, 5.41) is 9.08. The highest BCUT2D eigenvalue weighted by Gasteiger charge is 2.08. The number of carbonyl (C=O) groups is 1. The van der Waals surface area contributed by atoms with E-state index in [1.165, 1.54) is 6.08 Å². The van der Waals surface area contributed by atoms with Crippen LogP contribution in [0.25, 0.3) is 5.57 Å². The molecule has 3 nitrogen and oxygen atoms in total. The molecule has 0 unspecified atom stereocenters. The van der Waals surface area contributed by atoms with Crippen molar-refractivity contribution in [3.8, 4) is 5.75 Å². The van der Waals surface area contributed by atoms with Gasteiger partial charge in [0.1, 0.15) is 5.75 Å². The van der Waals surface area contributed by atoms with Gasteiger partial charge in [0, 0.05) is 6.08 Å². The van der Waals surface area contributed by atoms with E-state index < -0.39 is 5.97 Å². The molecule has 1 N–H and O–H groups in total. The fraction of sp³-hybridized carbons (Fsp3) is 0.118. The second kappa shape index (κ2) is 6.06. The van der Waals surface area contributed by atoms with Crippen molar-refractivity contribution >= 4 is 11.5 Å². The van der Waals surface area contributed by atoms with Crippen LogP contribution in [0.15, 0.2) is 54.6 Å². The molecule has 0 amide bonds. The SMILES string of the molecule is COc1ccc(/C(=C/C(=O)O)c2cccc(C)c2)cc1. The number of hydrogen-bond acceptors (Lipinski definition) is 2. The number of carboxylic acids is 1. The molecule has 3 heteroatoms. The highest BCUT2D eigenvalue weighted by Crippen LogP contribution is 2.25. The van der Waals surface area contributed by atoms with E-state index in [0.717, 1.165) is 22.4 Å². The maximum Gasteiger partial charge on any atom is 0.328 e. The molecule has 0 spiro atoms. The number of hydrogen-bond donors (Lipinski definition) is 1. The molecule has 0 aliphatic heterocycles. The zero-order valence-electron chi connectivity index (χ0n) is 11.5. The Morgan fingerprint density at radius 3 is 2.35 bits per heavy atom. The van der Waals surface area contributed by atoms with Crippen molar-refractivity contribution < 1.29 is 14.6 Å². The van der Waals surface area contributed by atoms with Crippen LogP contribution in [-0.2, 0) is 4.79 Å². The Kier molecular flexibility index (Phi) is 4.20. The van der Waals surface area contributed by atoms with Crippen LogP contribution >= 0.6 is 0 Å². The Balaban J connectivity index is 2.50. The maximum absolute atomic E-state index is 11.1. The highest BCUT2D eigenvalue weighted by atomic mass is 16.5. The summed E-state index contributed by atoms with van der Waals surface area (Å²) in [6.45, 7) is 1.98. The number of ether oxygens (including phenoxy) is 1. The molecule has 0 aliphatic carbocycles. The van der Waals surface area contributed by atoms with Gasteiger partial charge < -0.3 is 9.84 Å². The summed E-state index contributed by atoms with van der Waals surface area (Å²) in [6.07, 6.45) is 1.23. The smallest absolute Gasteiger partial charge is 0.328 e. The first-order valence-electron chi connectivity index (χ1n) is 6.26. The van der Waals surface area contributed by atoms with Crippen LogP contribution in [0, 0.1) is 6.92 Å². The lowest BCUT2D eigenvalue weighted by Crippen LogP contribution is -1.95. The summed E-state index contributed by atoms with van der Waals surface area (Å²) in [4.78, 5) is 11.1. The minimum atomic E-state index is -0.961. The Labute approximate surface area is 118 Å². The van der Waals surface area contributed by atoms with Crippen molar-refractivity contribution in [3.63, 3.8) is 0 Å². The number of benzene rings is 2. The lowest BCUT2D eigenvalue weighted by Gasteiger charge is -2.09. The van der Waals surface area contributed by atoms with E-state index in [2.05, 4.69) is 0 Å². The van der Waals surface area contributed by atoms with Crippen LogP contribution in [0.3, 0.4) is 0 Å². The van der Waals surface area contributed by atoms with Crippen molar-refractivity contribution in [2.45, 2.75) is 6.92 Å². The van der Waals surface area contributed by atoms with Gasteiger partial charge >= 0.3 is 5.97 Å². The summed E-state index contributed by atoms with van der Waals surface area (Å²) >= 11 is 0. The molecule has 0 aliphatic rings. The molecule has 0 radical (unpaired) electrons. The summed E-state index contributed by atoms with van der Waals surface area (Å²) in [5.74, 6) is -0.218. The van der Waals surface area contributed by atoms with Gasteiger partial charge in [-0.05, 0) is 35.8 Å². The van der Waals surface area contributed by atoms with Crippen LogP contribution in [-0.4, -0.2) is 18.2 Å². The molecule has 2 aromatic carbocycles. The molecular weight excluding hydrogens is 252 g/mol. The van der Waals surface area contributed by atoms with E-state index >= 15 is 0 Å². The Morgan fingerprint density at radius 2 is 1.80 bits per heavy atom. The monoisotopic (exact) mass is 268 g/mol. The number of aryl methyl sites for hydroxylation is 1. The molecule has 0 heterocycles. The number of aliphatic carboxylic acids is 1. The van der Waals surface area contributed by atoms with Crippen molar-refractivity contribution in [1.82, 2.24) is 0 Å². The van der Waals surface area contributed by atoms with Gasteiger partial charge in [0.15, 0.2) is 0 Å². The van der Waals surface area contributed by atoms with E-state index in [1.807, 2.05) is 55.5 Å². The zero-order valence-corrected chi connectivity index (χ0v) is 11.5. The first-order valence-corrected chi connectivity index (χ1v) is 6.26. The maximum atomic E-state index is 11.1. The third-order valence-electron chi connectivity index (χ3n) is 3.00. The summed E-state index contributed by atoms with van der Waals surface area (Å²) in [7, 11) is 1.60. The molecular formula is C17H16O3. The van der Waals surface area contributed by atoms with E-state index in [4.69, 9.17) is 9.84 Å². The summed E-state index contributed by atoms with van der Waals surface area (Å²) in [6, 6.07) is 15.1. The molecule has 2 rings (SSSR count). The fourth-order valence-corrected chi connectivity index (χ4v) is 2.04. The molecule has 20 heavy (non-hydrogen) atoms. The van der Waals surface area contributed by atoms with Crippen LogP contribution in [0.4, 0.5) is 0 Å². The number of carboxylic acid groups (broad SMARTS) is 1. The quantitative estimate of drug-likeness (QED) is 0.863. The van der Waals surface area contributed by atoms with E-state index in [-0.39, 0.29) is 0 Å². The van der Waals surface area contributed by atoms with E-state index in [9.17, 15) is 4.79 Å². The van der Waals surface area contributed by atoms with Crippen LogP contribution in [0.2, 0.25) is 0 Å². The number of rotatable bonds is 4. The lowest BCUT2D eigenvalue weighted by atomic mass is 9.96. The molecule has 2 aromatic rings. The van der Waals surface area contributed by atoms with Gasteiger partial charge in [0.05, 0.1) is 7.11 Å². The van der Waals surface area contributed by atoms with Gasteiger partial charge in [-0.25, -0.2) is 4.79 Å². The van der Waals surface area contributed by atoms with E-state index in [0.29, 0.717) is 5.57 Å². The molecule has 0 saturated heterocycles. The summed E-state index contributed by atoms with van der Waals surface area (Å²) < 4.78 is 5.12. The van der Waals surface area contributed by atoms with Crippen molar-refractivity contribution in [2.75, 3.05) is 7.11 Å². The van der Waals surface area contributed by atoms with Gasteiger partial charge in [0.25, 0.3) is 0 Å². The van der Waals surface area contributed by atoms with E-state index in [1.54, 1.807) is 7.11 Å². The third-order valence-corrected chi connectivity index (χ3v) is 3.00. The van der Waals surface area contributed by atoms with Gasteiger partial charge in [-0.15, -0.1) is 0 Å². The zero-order chi connectivity index (χ0) is 14.5. The minimum Gasteiger partial charge on any atom is -0.497 e. The summed E-state index contributed by atoms with van der Waals surface area (Å²) in [5.41, 5.74) is 3.51. The molecule has 0 aromatic heterocycles. The van der Waals surface area contributed by atoms with Gasteiger partial charge in [-0.2, -0.15) is 0 Å². The van der Waals surface area contributed by atoms with Crippen molar-refractivity contribution in [2.24, 2.45) is 0 Å². The largest absolute Gasteiger partial charge is 0.497 e. The molecule has 0 bridgehead atoms. The average molecular weight is 268 g/mol. The minimum absolute atomic E-state index is 0.684. The van der Waals surface area contributed by atoms with Crippen LogP contribution in [0.1, 0.15) is 16.7 Å². The topological polar surface area (TPSA) is 46.5 Å². The first kappa shape index (κ1) is 13.9. The lowest BCUT2D eigenvalue weighted by molar-refractivity contribution is -0.131. The van der Waals surface area contributed by atoms with Crippen molar-refractivity contribution in [1.29, 1.82) is 0 Å². The molecule has 0 saturated carbocycles. The highest BCUT2D eigenvalue weighted by molar-refractivity contribution is 5.95. The second-order valence-corrected chi connectivity index (χ2v) is 4.49. The van der Waals surface area contributed by atoms with Crippen molar-refractivity contribution in [3.05, 3.63) is 71.3 Å².